The molecule has 0 saturated heterocycles. The highest BCUT2D eigenvalue weighted by atomic mass is 16.6. The van der Waals surface area contributed by atoms with Gasteiger partial charge in [-0.15, -0.1) is 5.10 Å². The zero-order valence-electron chi connectivity index (χ0n) is 25.1. The minimum Gasteiger partial charge on any atom is -0.508 e. The molecular formula is C31H39N5O5. The topological polar surface area (TPSA) is 144 Å². The molecule has 41 heavy (non-hydrogen) atoms. The van der Waals surface area contributed by atoms with Gasteiger partial charge in [-0.1, -0.05) is 24.3 Å². The van der Waals surface area contributed by atoms with Gasteiger partial charge in [-0.3, -0.25) is 0 Å². The Hall–Kier alpha value is -4.60. The van der Waals surface area contributed by atoms with Gasteiger partial charge in [0.15, 0.2) is 5.82 Å². The second kappa shape index (κ2) is 11.5. The van der Waals surface area contributed by atoms with Crippen LogP contribution in [0, 0.1) is 12.3 Å². The van der Waals surface area contributed by atoms with Crippen molar-refractivity contribution in [3.8, 4) is 17.0 Å². The monoisotopic (exact) mass is 561 g/mol. The molecule has 10 heteroatoms. The Morgan fingerprint density at radius 2 is 1.54 bits per heavy atom. The third-order valence-corrected chi connectivity index (χ3v) is 5.73. The first-order valence-electron chi connectivity index (χ1n) is 13.2. The van der Waals surface area contributed by atoms with E-state index in [1.54, 1.807) is 98.7 Å². The molecule has 3 rings (SSSR count). The van der Waals surface area contributed by atoms with E-state index in [1.165, 1.54) is 17.0 Å². The predicted molar refractivity (Wildman–Crippen MR) is 161 cm³/mol. The van der Waals surface area contributed by atoms with Crippen molar-refractivity contribution in [2.24, 2.45) is 5.73 Å². The highest BCUT2D eigenvalue weighted by Gasteiger charge is 2.31. The summed E-state index contributed by atoms with van der Waals surface area (Å²) in [4.78, 5) is 28.1. The number of carbonyl (C=O) groups excluding carboxylic acids is 2. The van der Waals surface area contributed by atoms with E-state index in [-0.39, 0.29) is 11.6 Å². The van der Waals surface area contributed by atoms with Crippen LogP contribution in [-0.2, 0) is 9.47 Å². The Kier molecular flexibility index (Phi) is 8.66. The van der Waals surface area contributed by atoms with E-state index in [0.29, 0.717) is 39.5 Å². The van der Waals surface area contributed by atoms with Crippen molar-refractivity contribution in [2.45, 2.75) is 73.5 Å². The molecule has 0 aliphatic rings. The van der Waals surface area contributed by atoms with E-state index < -0.39 is 23.4 Å². The standard InChI is InChI=1S/C31H39N5O5/c1-18-16-23(37)14-15-24(18)35(28(38)40-30(4,5)6)26-17-25(36(34-26)29(39)41-31(7,8)9)21-10-12-22(13-11-21)27(19(2)32)20(3)33/h10-17,32,37H,33H2,1-9H3. The summed E-state index contributed by atoms with van der Waals surface area (Å²) in [6.45, 7) is 15.6. The maximum absolute atomic E-state index is 13.5. The lowest BCUT2D eigenvalue weighted by atomic mass is 9.98. The summed E-state index contributed by atoms with van der Waals surface area (Å²) < 4.78 is 12.4. The molecule has 0 atom stereocenters. The molecule has 4 N–H and O–H groups in total. The number of nitrogens with one attached hydrogen (secondary N) is 1. The van der Waals surface area contributed by atoms with E-state index in [2.05, 4.69) is 5.10 Å². The number of allylic oxidation sites excluding steroid dienone is 2. The Bertz CT molecular complexity index is 1500. The molecule has 10 nitrogen and oxygen atoms in total. The van der Waals surface area contributed by atoms with Gasteiger partial charge < -0.3 is 25.7 Å². The summed E-state index contributed by atoms with van der Waals surface area (Å²) >= 11 is 0. The minimum absolute atomic E-state index is 0.0387. The molecule has 0 fully saturated rings. The molecule has 1 amide bonds. The smallest absolute Gasteiger partial charge is 0.435 e. The molecular weight excluding hydrogens is 522 g/mol. The number of aryl methyl sites for hydroxylation is 1. The number of anilines is 2. The summed E-state index contributed by atoms with van der Waals surface area (Å²) in [5.74, 6) is 0.156. The number of carbonyl (C=O) groups is 2. The molecule has 3 aromatic rings. The zero-order chi connectivity index (χ0) is 30.9. The zero-order valence-corrected chi connectivity index (χ0v) is 25.1. The number of ether oxygens (including phenoxy) is 2. The number of aromatic hydroxyl groups is 1. The molecule has 1 heterocycles. The second-order valence-electron chi connectivity index (χ2n) is 11.8. The third kappa shape index (κ3) is 7.53. The fraction of sp³-hybridized carbons (Fsp3) is 0.355. The summed E-state index contributed by atoms with van der Waals surface area (Å²) in [7, 11) is 0. The maximum Gasteiger partial charge on any atom is 0.435 e. The fourth-order valence-corrected chi connectivity index (χ4v) is 4.19. The van der Waals surface area contributed by atoms with Crippen LogP contribution >= 0.6 is 0 Å². The number of rotatable bonds is 5. The Balaban J connectivity index is 2.24. The molecule has 218 valence electrons. The van der Waals surface area contributed by atoms with Crippen LogP contribution in [0.2, 0.25) is 0 Å². The van der Waals surface area contributed by atoms with Gasteiger partial charge >= 0.3 is 12.2 Å². The number of benzene rings is 2. The van der Waals surface area contributed by atoms with Crippen molar-refractivity contribution >= 4 is 35.0 Å². The number of hydrogen-bond donors (Lipinski definition) is 3. The van der Waals surface area contributed by atoms with Gasteiger partial charge in [0.2, 0.25) is 0 Å². The lowest BCUT2D eigenvalue weighted by Gasteiger charge is -2.27. The van der Waals surface area contributed by atoms with Gasteiger partial charge in [0, 0.05) is 28.6 Å². The molecule has 0 spiro atoms. The van der Waals surface area contributed by atoms with Gasteiger partial charge in [0.25, 0.3) is 0 Å². The van der Waals surface area contributed by atoms with Crippen LogP contribution in [0.1, 0.15) is 66.5 Å². The average molecular weight is 562 g/mol. The second-order valence-corrected chi connectivity index (χ2v) is 11.8. The number of aromatic nitrogens is 2. The number of phenols is 1. The number of amides is 1. The van der Waals surface area contributed by atoms with Crippen molar-refractivity contribution in [1.29, 1.82) is 5.41 Å². The number of phenolic OH excluding ortho intramolecular Hbond substituents is 1. The Morgan fingerprint density at radius 3 is 2.02 bits per heavy atom. The van der Waals surface area contributed by atoms with Crippen LogP contribution in [0.5, 0.6) is 5.75 Å². The maximum atomic E-state index is 13.5. The minimum atomic E-state index is -0.814. The van der Waals surface area contributed by atoms with E-state index in [0.717, 1.165) is 10.2 Å². The van der Waals surface area contributed by atoms with Crippen molar-refractivity contribution in [1.82, 2.24) is 9.78 Å². The predicted octanol–water partition coefficient (Wildman–Crippen LogP) is 7.15. The highest BCUT2D eigenvalue weighted by molar-refractivity contribution is 6.21. The summed E-state index contributed by atoms with van der Waals surface area (Å²) in [6, 6.07) is 13.3. The van der Waals surface area contributed by atoms with Crippen LogP contribution in [0.4, 0.5) is 21.1 Å². The van der Waals surface area contributed by atoms with E-state index in [1.807, 2.05) is 0 Å². The first-order valence-corrected chi connectivity index (χ1v) is 13.2. The lowest BCUT2D eigenvalue weighted by Crippen LogP contribution is -2.34. The molecule has 0 aliphatic carbocycles. The van der Waals surface area contributed by atoms with Crippen LogP contribution in [0.25, 0.3) is 16.8 Å². The van der Waals surface area contributed by atoms with Gasteiger partial charge in [0.05, 0.1) is 11.4 Å². The Morgan fingerprint density at radius 1 is 0.951 bits per heavy atom. The van der Waals surface area contributed by atoms with Gasteiger partial charge in [-0.25, -0.2) is 14.5 Å². The number of nitrogens with zero attached hydrogens (tertiary/aromatic N) is 3. The molecule has 0 radical (unpaired) electrons. The van der Waals surface area contributed by atoms with Crippen molar-refractivity contribution in [3.05, 3.63) is 65.4 Å². The Labute approximate surface area is 240 Å². The SMILES string of the molecule is CC(=N)C(=C(C)N)c1ccc(-c2cc(N(C(=O)OC(C)(C)C)c3ccc(O)cc3C)nn2C(=O)OC(C)(C)C)cc1. The quantitative estimate of drug-likeness (QED) is 0.281. The van der Waals surface area contributed by atoms with E-state index in [9.17, 15) is 14.7 Å². The molecule has 1 aromatic heterocycles. The van der Waals surface area contributed by atoms with Crippen molar-refractivity contribution in [2.75, 3.05) is 4.90 Å². The first kappa shape index (κ1) is 30.9. The van der Waals surface area contributed by atoms with Crippen LogP contribution in [-0.4, -0.2) is 44.0 Å². The molecule has 0 bridgehead atoms. The number of nitrogens with two attached hydrogens (primary N) is 1. The lowest BCUT2D eigenvalue weighted by molar-refractivity contribution is 0.0513. The molecule has 0 saturated carbocycles. The average Bonchev–Trinajstić information content (AvgIpc) is 3.23. The fourth-order valence-electron chi connectivity index (χ4n) is 4.19. The van der Waals surface area contributed by atoms with Gasteiger partial charge in [-0.2, -0.15) is 4.68 Å². The van der Waals surface area contributed by atoms with Crippen LogP contribution in [0.15, 0.2) is 54.2 Å². The largest absolute Gasteiger partial charge is 0.508 e. The van der Waals surface area contributed by atoms with Crippen LogP contribution < -0.4 is 10.6 Å². The van der Waals surface area contributed by atoms with Crippen LogP contribution in [0.3, 0.4) is 0 Å². The summed E-state index contributed by atoms with van der Waals surface area (Å²) in [5.41, 5.74) is 8.62. The summed E-state index contributed by atoms with van der Waals surface area (Å²) in [6.07, 6.45) is -1.44. The van der Waals surface area contributed by atoms with Crippen molar-refractivity contribution in [3.63, 3.8) is 0 Å². The van der Waals surface area contributed by atoms with E-state index in [4.69, 9.17) is 20.6 Å². The first-order chi connectivity index (χ1) is 18.9. The van der Waals surface area contributed by atoms with E-state index >= 15 is 0 Å². The summed E-state index contributed by atoms with van der Waals surface area (Å²) in [5, 5.41) is 22.6. The molecule has 0 unspecified atom stereocenters. The normalized spacial score (nSPS) is 12.4. The van der Waals surface area contributed by atoms with Gasteiger partial charge in [0.1, 0.15) is 17.0 Å². The molecule has 0 aliphatic heterocycles. The third-order valence-electron chi connectivity index (χ3n) is 5.73. The molecule has 2 aromatic carbocycles. The number of hydrogen-bond acceptors (Lipinski definition) is 8. The highest BCUT2D eigenvalue weighted by Crippen LogP contribution is 2.35. The van der Waals surface area contributed by atoms with Gasteiger partial charge in [-0.05, 0) is 91.6 Å². The van der Waals surface area contributed by atoms with Crippen molar-refractivity contribution < 1.29 is 24.2 Å².